The summed E-state index contributed by atoms with van der Waals surface area (Å²) >= 11 is 0. The Balaban J connectivity index is 2.62. The van der Waals surface area contributed by atoms with Crippen molar-refractivity contribution in [2.75, 3.05) is 0 Å². The Morgan fingerprint density at radius 1 is 1.21 bits per heavy atom. The molecule has 0 N–H and O–H groups in total. The molecule has 0 aliphatic rings. The zero-order valence-electron chi connectivity index (χ0n) is 8.99. The van der Waals surface area contributed by atoms with Gasteiger partial charge in [0.15, 0.2) is 0 Å². The first-order valence-electron chi connectivity index (χ1n) is 5.34. The van der Waals surface area contributed by atoms with Crippen LogP contribution in [0.1, 0.15) is 32.3 Å². The molecule has 1 nitrogen and oxygen atoms in total. The average molecular weight is 190 g/mol. The molecule has 0 bridgehead atoms. The number of carbonyl (C=O) groups is 1. The van der Waals surface area contributed by atoms with Gasteiger partial charge in [0.2, 0.25) is 0 Å². The number of carbonyl (C=O) groups excluding carboxylic acids is 1. The van der Waals surface area contributed by atoms with Gasteiger partial charge >= 0.3 is 0 Å². The van der Waals surface area contributed by atoms with Crippen LogP contribution in [0.4, 0.5) is 0 Å². The van der Waals surface area contributed by atoms with Gasteiger partial charge in [0, 0.05) is 12.3 Å². The molecule has 0 fully saturated rings. The minimum atomic E-state index is 0.211. The van der Waals surface area contributed by atoms with Crippen LogP contribution in [-0.4, -0.2) is 5.78 Å². The third-order valence-corrected chi connectivity index (χ3v) is 2.62. The normalized spacial score (nSPS) is 12.4. The SMILES string of the molecule is CCC(=O)[C@H](CC)Cc1ccccc1. The summed E-state index contributed by atoms with van der Waals surface area (Å²) < 4.78 is 0. The topological polar surface area (TPSA) is 17.1 Å². The molecule has 1 aromatic carbocycles. The highest BCUT2D eigenvalue weighted by atomic mass is 16.1. The maximum atomic E-state index is 11.5. The van der Waals surface area contributed by atoms with E-state index in [0.717, 1.165) is 12.8 Å². The van der Waals surface area contributed by atoms with E-state index >= 15 is 0 Å². The Morgan fingerprint density at radius 2 is 1.86 bits per heavy atom. The molecule has 1 heteroatoms. The highest BCUT2D eigenvalue weighted by molar-refractivity contribution is 5.80. The highest BCUT2D eigenvalue weighted by Crippen LogP contribution is 2.14. The largest absolute Gasteiger partial charge is 0.299 e. The van der Waals surface area contributed by atoms with Crippen molar-refractivity contribution in [3.8, 4) is 0 Å². The van der Waals surface area contributed by atoms with Crippen molar-refractivity contribution in [1.29, 1.82) is 0 Å². The van der Waals surface area contributed by atoms with Crippen molar-refractivity contribution in [1.82, 2.24) is 0 Å². The van der Waals surface area contributed by atoms with Crippen LogP contribution in [0.25, 0.3) is 0 Å². The van der Waals surface area contributed by atoms with Gasteiger partial charge in [-0.05, 0) is 18.4 Å². The van der Waals surface area contributed by atoms with Crippen LogP contribution in [-0.2, 0) is 11.2 Å². The molecule has 0 heterocycles. The lowest BCUT2D eigenvalue weighted by Crippen LogP contribution is -2.15. The molecule has 0 saturated heterocycles. The van der Waals surface area contributed by atoms with E-state index in [1.807, 2.05) is 25.1 Å². The van der Waals surface area contributed by atoms with Crippen LogP contribution in [0.15, 0.2) is 30.3 Å². The molecule has 14 heavy (non-hydrogen) atoms. The van der Waals surface area contributed by atoms with Crippen molar-refractivity contribution >= 4 is 5.78 Å². The fraction of sp³-hybridized carbons (Fsp3) is 0.462. The Hall–Kier alpha value is -1.11. The van der Waals surface area contributed by atoms with Crippen molar-refractivity contribution < 1.29 is 4.79 Å². The predicted octanol–water partition coefficient (Wildman–Crippen LogP) is 3.23. The first kappa shape index (κ1) is 11.0. The molecule has 0 spiro atoms. The lowest BCUT2D eigenvalue weighted by Gasteiger charge is -2.12. The fourth-order valence-corrected chi connectivity index (χ4v) is 1.67. The molecular weight excluding hydrogens is 172 g/mol. The molecular formula is C13H18O. The zero-order chi connectivity index (χ0) is 10.4. The number of benzene rings is 1. The van der Waals surface area contributed by atoms with Gasteiger partial charge in [-0.1, -0.05) is 44.2 Å². The van der Waals surface area contributed by atoms with Gasteiger partial charge in [0.25, 0.3) is 0 Å². The standard InChI is InChI=1S/C13H18O/c1-3-12(13(14)4-2)10-11-8-6-5-7-9-11/h5-9,12H,3-4,10H2,1-2H3/t12-/m1/s1. The van der Waals surface area contributed by atoms with E-state index in [9.17, 15) is 4.79 Å². The molecule has 1 aromatic rings. The van der Waals surface area contributed by atoms with Crippen LogP contribution >= 0.6 is 0 Å². The highest BCUT2D eigenvalue weighted by Gasteiger charge is 2.14. The van der Waals surface area contributed by atoms with E-state index < -0.39 is 0 Å². The molecule has 0 unspecified atom stereocenters. The second-order valence-corrected chi connectivity index (χ2v) is 3.61. The van der Waals surface area contributed by atoms with Crippen molar-refractivity contribution in [3.63, 3.8) is 0 Å². The van der Waals surface area contributed by atoms with E-state index in [-0.39, 0.29) is 5.92 Å². The molecule has 0 aliphatic heterocycles. The van der Waals surface area contributed by atoms with Crippen LogP contribution in [0.2, 0.25) is 0 Å². The van der Waals surface area contributed by atoms with E-state index in [2.05, 4.69) is 19.1 Å². The number of ketones is 1. The second kappa shape index (κ2) is 5.58. The van der Waals surface area contributed by atoms with E-state index in [0.29, 0.717) is 12.2 Å². The van der Waals surface area contributed by atoms with Crippen molar-refractivity contribution in [2.45, 2.75) is 33.1 Å². The van der Waals surface area contributed by atoms with Gasteiger partial charge in [-0.3, -0.25) is 4.79 Å². The van der Waals surface area contributed by atoms with Crippen LogP contribution in [0, 0.1) is 5.92 Å². The Labute approximate surface area is 86.1 Å². The maximum absolute atomic E-state index is 11.5. The van der Waals surface area contributed by atoms with E-state index in [1.54, 1.807) is 0 Å². The average Bonchev–Trinajstić information content (AvgIpc) is 2.26. The first-order chi connectivity index (χ1) is 6.77. The predicted molar refractivity (Wildman–Crippen MR) is 59.2 cm³/mol. The summed E-state index contributed by atoms with van der Waals surface area (Å²) in [6.45, 7) is 4.02. The number of hydrogen-bond acceptors (Lipinski definition) is 1. The summed E-state index contributed by atoms with van der Waals surface area (Å²) in [5, 5.41) is 0. The van der Waals surface area contributed by atoms with E-state index in [1.165, 1.54) is 5.56 Å². The van der Waals surface area contributed by atoms with Gasteiger partial charge in [-0.2, -0.15) is 0 Å². The van der Waals surface area contributed by atoms with Crippen molar-refractivity contribution in [3.05, 3.63) is 35.9 Å². The molecule has 0 aliphatic carbocycles. The maximum Gasteiger partial charge on any atom is 0.136 e. The van der Waals surface area contributed by atoms with Crippen molar-refractivity contribution in [2.24, 2.45) is 5.92 Å². The molecule has 0 saturated carbocycles. The van der Waals surface area contributed by atoms with Crippen LogP contribution in [0.3, 0.4) is 0 Å². The fourth-order valence-electron chi connectivity index (χ4n) is 1.67. The van der Waals surface area contributed by atoms with Gasteiger partial charge in [0.05, 0.1) is 0 Å². The molecule has 0 aromatic heterocycles. The molecule has 1 atom stereocenters. The summed E-state index contributed by atoms with van der Waals surface area (Å²) in [5.74, 6) is 0.596. The van der Waals surface area contributed by atoms with Gasteiger partial charge in [-0.15, -0.1) is 0 Å². The van der Waals surface area contributed by atoms with Gasteiger partial charge in [-0.25, -0.2) is 0 Å². The van der Waals surface area contributed by atoms with Gasteiger partial charge < -0.3 is 0 Å². The Bertz CT molecular complexity index is 277. The summed E-state index contributed by atoms with van der Waals surface area (Å²) in [5.41, 5.74) is 1.26. The van der Waals surface area contributed by atoms with Crippen LogP contribution in [0.5, 0.6) is 0 Å². The second-order valence-electron chi connectivity index (χ2n) is 3.61. The molecule has 76 valence electrons. The smallest absolute Gasteiger partial charge is 0.136 e. The molecule has 0 amide bonds. The van der Waals surface area contributed by atoms with Crippen LogP contribution < -0.4 is 0 Å². The monoisotopic (exact) mass is 190 g/mol. The molecule has 0 radical (unpaired) electrons. The van der Waals surface area contributed by atoms with Gasteiger partial charge in [0.1, 0.15) is 5.78 Å². The quantitative estimate of drug-likeness (QED) is 0.696. The lowest BCUT2D eigenvalue weighted by molar-refractivity contribution is -0.122. The number of rotatable bonds is 5. The summed E-state index contributed by atoms with van der Waals surface area (Å²) in [6, 6.07) is 10.2. The minimum absolute atomic E-state index is 0.211. The summed E-state index contributed by atoms with van der Waals surface area (Å²) in [6.07, 6.45) is 2.50. The summed E-state index contributed by atoms with van der Waals surface area (Å²) in [4.78, 5) is 11.5. The third kappa shape index (κ3) is 2.99. The Kier molecular flexibility index (Phi) is 4.37. The number of Topliss-reactive ketones (excluding diaryl/α,β-unsaturated/α-hetero) is 1. The molecule has 1 rings (SSSR count). The zero-order valence-corrected chi connectivity index (χ0v) is 8.99. The lowest BCUT2D eigenvalue weighted by atomic mass is 9.92. The Morgan fingerprint density at radius 3 is 2.36 bits per heavy atom. The third-order valence-electron chi connectivity index (χ3n) is 2.62. The van der Waals surface area contributed by atoms with E-state index in [4.69, 9.17) is 0 Å². The first-order valence-corrected chi connectivity index (χ1v) is 5.34. The minimum Gasteiger partial charge on any atom is -0.299 e. The summed E-state index contributed by atoms with van der Waals surface area (Å²) in [7, 11) is 0. The number of hydrogen-bond donors (Lipinski definition) is 0.